The van der Waals surface area contributed by atoms with Crippen LogP contribution in [-0.2, 0) is 6.42 Å². The summed E-state index contributed by atoms with van der Waals surface area (Å²) >= 11 is 0. The van der Waals surface area contributed by atoms with Gasteiger partial charge >= 0.3 is 5.97 Å². The standard InChI is InChI=1S/C14H13NO2/c1-10-8-13(14(16)17)3-2-12(10)9-11-4-6-15-7-5-11/h2-8H,9H2,1H3,(H,16,17). The highest BCUT2D eigenvalue weighted by Gasteiger charge is 2.06. The molecule has 0 aliphatic heterocycles. The molecule has 1 heterocycles. The maximum Gasteiger partial charge on any atom is 0.335 e. The SMILES string of the molecule is Cc1cc(C(=O)O)ccc1Cc1ccncc1. The first-order chi connectivity index (χ1) is 8.16. The predicted octanol–water partition coefficient (Wildman–Crippen LogP) is 2.68. The minimum absolute atomic E-state index is 0.334. The molecule has 2 aromatic rings. The van der Waals surface area contributed by atoms with Crippen LogP contribution in [0.3, 0.4) is 0 Å². The lowest BCUT2D eigenvalue weighted by Crippen LogP contribution is -1.99. The van der Waals surface area contributed by atoms with E-state index in [9.17, 15) is 4.79 Å². The number of carbonyl (C=O) groups is 1. The normalized spacial score (nSPS) is 10.2. The zero-order valence-corrected chi connectivity index (χ0v) is 9.55. The van der Waals surface area contributed by atoms with E-state index in [2.05, 4.69) is 4.98 Å². The average molecular weight is 227 g/mol. The van der Waals surface area contributed by atoms with E-state index in [1.807, 2.05) is 25.1 Å². The van der Waals surface area contributed by atoms with Gasteiger partial charge in [0.25, 0.3) is 0 Å². The molecule has 0 aliphatic rings. The van der Waals surface area contributed by atoms with Crippen LogP contribution in [0.5, 0.6) is 0 Å². The summed E-state index contributed by atoms with van der Waals surface area (Å²) in [5.74, 6) is -0.886. The highest BCUT2D eigenvalue weighted by Crippen LogP contribution is 2.15. The van der Waals surface area contributed by atoms with Crippen LogP contribution in [0.1, 0.15) is 27.0 Å². The zero-order chi connectivity index (χ0) is 12.3. The molecule has 0 unspecified atom stereocenters. The van der Waals surface area contributed by atoms with E-state index in [-0.39, 0.29) is 0 Å². The first-order valence-electron chi connectivity index (χ1n) is 5.38. The molecule has 0 radical (unpaired) electrons. The number of pyridine rings is 1. The number of carboxylic acid groups (broad SMARTS) is 1. The van der Waals surface area contributed by atoms with Crippen LogP contribution < -0.4 is 0 Å². The molecule has 0 spiro atoms. The van der Waals surface area contributed by atoms with E-state index in [0.717, 1.165) is 17.5 Å². The van der Waals surface area contributed by atoms with Gasteiger partial charge in [-0.05, 0) is 54.3 Å². The number of aryl methyl sites for hydroxylation is 1. The van der Waals surface area contributed by atoms with Crippen LogP contribution in [0, 0.1) is 6.92 Å². The Bertz CT molecular complexity index is 535. The van der Waals surface area contributed by atoms with E-state index < -0.39 is 5.97 Å². The maximum absolute atomic E-state index is 10.8. The number of nitrogens with zero attached hydrogens (tertiary/aromatic N) is 1. The van der Waals surface area contributed by atoms with Gasteiger partial charge in [0, 0.05) is 12.4 Å². The van der Waals surface area contributed by atoms with E-state index in [4.69, 9.17) is 5.11 Å². The van der Waals surface area contributed by atoms with E-state index in [0.29, 0.717) is 5.56 Å². The van der Waals surface area contributed by atoms with Crippen molar-refractivity contribution in [3.05, 3.63) is 65.0 Å². The molecule has 0 atom stereocenters. The van der Waals surface area contributed by atoms with E-state index >= 15 is 0 Å². The average Bonchev–Trinajstić information content (AvgIpc) is 2.33. The number of rotatable bonds is 3. The van der Waals surface area contributed by atoms with Gasteiger partial charge in [-0.3, -0.25) is 4.98 Å². The smallest absolute Gasteiger partial charge is 0.335 e. The molecule has 0 saturated carbocycles. The molecule has 0 saturated heterocycles. The largest absolute Gasteiger partial charge is 0.478 e. The fourth-order valence-electron chi connectivity index (χ4n) is 1.75. The van der Waals surface area contributed by atoms with Gasteiger partial charge in [-0.2, -0.15) is 0 Å². The van der Waals surface area contributed by atoms with Gasteiger partial charge in [-0.15, -0.1) is 0 Å². The summed E-state index contributed by atoms with van der Waals surface area (Å²) in [7, 11) is 0. The Hall–Kier alpha value is -2.16. The van der Waals surface area contributed by atoms with Gasteiger partial charge in [0.15, 0.2) is 0 Å². The second-order valence-electron chi connectivity index (χ2n) is 3.98. The van der Waals surface area contributed by atoms with Crippen molar-refractivity contribution in [3.8, 4) is 0 Å². The summed E-state index contributed by atoms with van der Waals surface area (Å²) in [5.41, 5.74) is 3.65. The molecule has 86 valence electrons. The van der Waals surface area contributed by atoms with Crippen LogP contribution in [-0.4, -0.2) is 16.1 Å². The van der Waals surface area contributed by atoms with Gasteiger partial charge in [-0.1, -0.05) is 6.07 Å². The number of aromatic carboxylic acids is 1. The van der Waals surface area contributed by atoms with Crippen LogP contribution in [0.15, 0.2) is 42.7 Å². The Labute approximate surface area is 99.8 Å². The van der Waals surface area contributed by atoms with Crippen molar-refractivity contribution in [3.63, 3.8) is 0 Å². The summed E-state index contributed by atoms with van der Waals surface area (Å²) in [4.78, 5) is 14.8. The Morgan fingerprint density at radius 3 is 2.53 bits per heavy atom. The third kappa shape index (κ3) is 2.69. The number of hydrogen-bond donors (Lipinski definition) is 1. The van der Waals surface area contributed by atoms with Crippen LogP contribution in [0.4, 0.5) is 0 Å². The number of benzene rings is 1. The molecular weight excluding hydrogens is 214 g/mol. The third-order valence-corrected chi connectivity index (χ3v) is 2.73. The molecule has 1 aromatic heterocycles. The Morgan fingerprint density at radius 2 is 1.94 bits per heavy atom. The maximum atomic E-state index is 10.8. The van der Waals surface area contributed by atoms with Crippen LogP contribution in [0.25, 0.3) is 0 Å². The summed E-state index contributed by atoms with van der Waals surface area (Å²) in [6.07, 6.45) is 4.32. The Balaban J connectivity index is 2.26. The molecular formula is C14H13NO2. The van der Waals surface area contributed by atoms with Gasteiger partial charge < -0.3 is 5.11 Å². The van der Waals surface area contributed by atoms with Gasteiger partial charge in [-0.25, -0.2) is 4.79 Å². The fourth-order valence-corrected chi connectivity index (χ4v) is 1.75. The molecule has 1 N–H and O–H groups in total. The quantitative estimate of drug-likeness (QED) is 0.877. The molecule has 0 amide bonds. The van der Waals surface area contributed by atoms with Gasteiger partial charge in [0.2, 0.25) is 0 Å². The molecule has 3 nitrogen and oxygen atoms in total. The van der Waals surface area contributed by atoms with Crippen molar-refractivity contribution in [1.29, 1.82) is 0 Å². The van der Waals surface area contributed by atoms with Crippen molar-refractivity contribution >= 4 is 5.97 Å². The summed E-state index contributed by atoms with van der Waals surface area (Å²) in [6, 6.07) is 9.15. The lowest BCUT2D eigenvalue weighted by molar-refractivity contribution is 0.0697. The molecule has 0 bridgehead atoms. The zero-order valence-electron chi connectivity index (χ0n) is 9.55. The lowest BCUT2D eigenvalue weighted by atomic mass is 9.99. The minimum atomic E-state index is -0.886. The van der Waals surface area contributed by atoms with E-state index in [1.54, 1.807) is 24.5 Å². The van der Waals surface area contributed by atoms with Crippen LogP contribution in [0.2, 0.25) is 0 Å². The van der Waals surface area contributed by atoms with Crippen molar-refractivity contribution in [1.82, 2.24) is 4.98 Å². The minimum Gasteiger partial charge on any atom is -0.478 e. The second-order valence-corrected chi connectivity index (χ2v) is 3.98. The highest BCUT2D eigenvalue weighted by atomic mass is 16.4. The highest BCUT2D eigenvalue weighted by molar-refractivity contribution is 5.87. The Kier molecular flexibility index (Phi) is 3.19. The van der Waals surface area contributed by atoms with Crippen molar-refractivity contribution in [2.45, 2.75) is 13.3 Å². The number of aromatic nitrogens is 1. The van der Waals surface area contributed by atoms with Crippen molar-refractivity contribution < 1.29 is 9.90 Å². The number of hydrogen-bond acceptors (Lipinski definition) is 2. The molecule has 3 heteroatoms. The van der Waals surface area contributed by atoms with E-state index in [1.165, 1.54) is 5.56 Å². The number of carboxylic acids is 1. The summed E-state index contributed by atoms with van der Waals surface area (Å²) < 4.78 is 0. The lowest BCUT2D eigenvalue weighted by Gasteiger charge is -2.06. The monoisotopic (exact) mass is 227 g/mol. The second kappa shape index (κ2) is 4.78. The van der Waals surface area contributed by atoms with Crippen LogP contribution >= 0.6 is 0 Å². The molecule has 0 fully saturated rings. The van der Waals surface area contributed by atoms with Gasteiger partial charge in [0.05, 0.1) is 5.56 Å². The molecule has 2 rings (SSSR count). The van der Waals surface area contributed by atoms with Gasteiger partial charge in [0.1, 0.15) is 0 Å². The summed E-state index contributed by atoms with van der Waals surface area (Å²) in [6.45, 7) is 1.93. The Morgan fingerprint density at radius 1 is 1.24 bits per heavy atom. The molecule has 0 aliphatic carbocycles. The third-order valence-electron chi connectivity index (χ3n) is 2.73. The molecule has 17 heavy (non-hydrogen) atoms. The van der Waals surface area contributed by atoms with Crippen molar-refractivity contribution in [2.75, 3.05) is 0 Å². The first kappa shape index (κ1) is 11.3. The molecule has 1 aromatic carbocycles. The first-order valence-corrected chi connectivity index (χ1v) is 5.38. The predicted molar refractivity (Wildman–Crippen MR) is 65.2 cm³/mol. The fraction of sp³-hybridized carbons (Fsp3) is 0.143. The van der Waals surface area contributed by atoms with Crippen molar-refractivity contribution in [2.24, 2.45) is 0 Å². The summed E-state index contributed by atoms with van der Waals surface area (Å²) in [5, 5.41) is 8.88. The topological polar surface area (TPSA) is 50.2 Å².